The summed E-state index contributed by atoms with van der Waals surface area (Å²) >= 11 is 15.0. The van der Waals surface area contributed by atoms with Gasteiger partial charge in [0.05, 0.1) is 14.9 Å². The predicted molar refractivity (Wildman–Crippen MR) is 100.0 cm³/mol. The molecule has 0 saturated carbocycles. The normalized spacial score (nSPS) is 12.7. The lowest BCUT2D eigenvalue weighted by Gasteiger charge is -2.28. The molecule has 0 atom stereocenters. The van der Waals surface area contributed by atoms with E-state index in [9.17, 15) is 0 Å². The van der Waals surface area contributed by atoms with E-state index in [1.54, 1.807) is 11.8 Å². The van der Waals surface area contributed by atoms with Gasteiger partial charge in [0.1, 0.15) is 5.60 Å². The first-order valence-electron chi connectivity index (χ1n) is 7.27. The summed E-state index contributed by atoms with van der Waals surface area (Å²) in [5.74, 6) is 0.679. The molecule has 22 heavy (non-hydrogen) atoms. The van der Waals surface area contributed by atoms with E-state index in [2.05, 4.69) is 20.8 Å². The van der Waals surface area contributed by atoms with E-state index in [0.717, 1.165) is 15.7 Å². The third kappa shape index (κ3) is 4.04. The zero-order valence-electron chi connectivity index (χ0n) is 13.9. The van der Waals surface area contributed by atoms with Crippen LogP contribution in [0.4, 0.5) is 0 Å². The van der Waals surface area contributed by atoms with Crippen molar-refractivity contribution in [2.45, 2.75) is 56.8 Å². The Morgan fingerprint density at radius 2 is 1.36 bits per heavy atom. The zero-order chi connectivity index (χ0) is 16.7. The fourth-order valence-corrected chi connectivity index (χ4v) is 3.87. The van der Waals surface area contributed by atoms with E-state index in [1.165, 1.54) is 0 Å². The Labute approximate surface area is 147 Å². The van der Waals surface area contributed by atoms with E-state index in [4.69, 9.17) is 27.9 Å². The Morgan fingerprint density at radius 1 is 0.864 bits per heavy atom. The average molecular weight is 357 g/mol. The standard InChI is InChI=1S/C18H22Cl2OS/c1-17(2,3)21-15-13(19)11-9-7-8-10-12(11)14(20)16(15)22-18(4,5)6/h7-10H,1-6H3. The number of benzene rings is 2. The van der Waals surface area contributed by atoms with Crippen molar-refractivity contribution in [3.05, 3.63) is 34.3 Å². The van der Waals surface area contributed by atoms with Gasteiger partial charge in [-0.2, -0.15) is 0 Å². The average Bonchev–Trinajstić information content (AvgIpc) is 2.37. The molecular formula is C18H22Cl2OS. The predicted octanol–water partition coefficient (Wildman–Crippen LogP) is 7.21. The number of hydrogen-bond donors (Lipinski definition) is 0. The van der Waals surface area contributed by atoms with Crippen LogP contribution in [0, 0.1) is 0 Å². The fourth-order valence-electron chi connectivity index (χ4n) is 2.10. The van der Waals surface area contributed by atoms with Crippen LogP contribution in [0.2, 0.25) is 10.0 Å². The lowest BCUT2D eigenvalue weighted by atomic mass is 10.1. The molecule has 2 aromatic carbocycles. The zero-order valence-corrected chi connectivity index (χ0v) is 16.2. The maximum Gasteiger partial charge on any atom is 0.154 e. The van der Waals surface area contributed by atoms with Crippen LogP contribution < -0.4 is 4.74 Å². The molecule has 1 nitrogen and oxygen atoms in total. The molecule has 120 valence electrons. The minimum Gasteiger partial charge on any atom is -0.485 e. The first-order valence-corrected chi connectivity index (χ1v) is 8.84. The Balaban J connectivity index is 2.77. The topological polar surface area (TPSA) is 9.23 Å². The molecule has 0 spiro atoms. The highest BCUT2D eigenvalue weighted by Crippen LogP contribution is 2.50. The number of ether oxygens (including phenoxy) is 1. The van der Waals surface area contributed by atoms with Crippen LogP contribution in [0.1, 0.15) is 41.5 Å². The first-order chi connectivity index (χ1) is 9.99. The second kappa shape index (κ2) is 6.14. The third-order valence-corrected chi connectivity index (χ3v) is 4.91. The minimum absolute atomic E-state index is 0.00538. The van der Waals surface area contributed by atoms with E-state index in [1.807, 2.05) is 45.0 Å². The highest BCUT2D eigenvalue weighted by molar-refractivity contribution is 8.00. The molecule has 2 aromatic rings. The van der Waals surface area contributed by atoms with E-state index in [0.29, 0.717) is 15.8 Å². The fraction of sp³-hybridized carbons (Fsp3) is 0.444. The quantitative estimate of drug-likeness (QED) is 0.525. The summed E-state index contributed by atoms with van der Waals surface area (Å²) < 4.78 is 6.17. The van der Waals surface area contributed by atoms with Crippen molar-refractivity contribution in [1.82, 2.24) is 0 Å². The van der Waals surface area contributed by atoms with Crippen LogP contribution in [-0.4, -0.2) is 10.3 Å². The number of hydrogen-bond acceptors (Lipinski definition) is 2. The van der Waals surface area contributed by atoms with Gasteiger partial charge < -0.3 is 4.74 Å². The molecule has 0 aliphatic rings. The molecule has 0 heterocycles. The summed E-state index contributed by atoms with van der Waals surface area (Å²) in [6.07, 6.45) is 0. The molecule has 0 fully saturated rings. The Hall–Kier alpha value is -0.570. The molecule has 0 unspecified atom stereocenters. The monoisotopic (exact) mass is 356 g/mol. The lowest BCUT2D eigenvalue weighted by Crippen LogP contribution is -2.24. The Bertz CT molecular complexity index is 636. The van der Waals surface area contributed by atoms with Crippen LogP contribution in [0.5, 0.6) is 5.75 Å². The second-order valence-corrected chi connectivity index (χ2v) is 9.85. The van der Waals surface area contributed by atoms with Crippen molar-refractivity contribution in [3.8, 4) is 5.75 Å². The molecule has 0 bridgehead atoms. The van der Waals surface area contributed by atoms with Gasteiger partial charge in [-0.15, -0.1) is 11.8 Å². The molecule has 2 rings (SSSR count). The van der Waals surface area contributed by atoms with Crippen molar-refractivity contribution in [1.29, 1.82) is 0 Å². The summed E-state index contributed by atoms with van der Waals surface area (Å²) in [6, 6.07) is 7.91. The van der Waals surface area contributed by atoms with Crippen molar-refractivity contribution >= 4 is 45.7 Å². The van der Waals surface area contributed by atoms with Crippen LogP contribution in [0.15, 0.2) is 29.2 Å². The van der Waals surface area contributed by atoms with Crippen LogP contribution >= 0.6 is 35.0 Å². The molecule has 0 saturated heterocycles. The van der Waals surface area contributed by atoms with Crippen molar-refractivity contribution in [2.24, 2.45) is 0 Å². The second-order valence-electron chi connectivity index (χ2n) is 7.26. The Morgan fingerprint density at radius 3 is 1.82 bits per heavy atom. The molecule has 0 aromatic heterocycles. The number of thioether (sulfide) groups is 1. The molecule has 0 amide bonds. The highest BCUT2D eigenvalue weighted by Gasteiger charge is 2.26. The molecule has 0 N–H and O–H groups in total. The molecule has 0 aliphatic heterocycles. The Kier molecular flexibility index (Phi) is 4.97. The highest BCUT2D eigenvalue weighted by atomic mass is 35.5. The maximum absolute atomic E-state index is 6.69. The lowest BCUT2D eigenvalue weighted by molar-refractivity contribution is 0.127. The number of halogens is 2. The van der Waals surface area contributed by atoms with Gasteiger partial charge in [0, 0.05) is 15.5 Å². The van der Waals surface area contributed by atoms with Crippen molar-refractivity contribution in [3.63, 3.8) is 0 Å². The summed E-state index contributed by atoms with van der Waals surface area (Å²) in [6.45, 7) is 12.5. The molecular weight excluding hydrogens is 335 g/mol. The molecule has 0 radical (unpaired) electrons. The van der Waals surface area contributed by atoms with E-state index in [-0.39, 0.29) is 10.3 Å². The molecule has 0 aliphatic carbocycles. The van der Waals surface area contributed by atoms with Crippen LogP contribution in [0.25, 0.3) is 10.8 Å². The van der Waals surface area contributed by atoms with E-state index >= 15 is 0 Å². The van der Waals surface area contributed by atoms with Gasteiger partial charge in [-0.3, -0.25) is 0 Å². The van der Waals surface area contributed by atoms with Gasteiger partial charge in [-0.25, -0.2) is 0 Å². The van der Waals surface area contributed by atoms with Gasteiger partial charge in [-0.05, 0) is 20.8 Å². The van der Waals surface area contributed by atoms with Crippen LogP contribution in [0.3, 0.4) is 0 Å². The summed E-state index contributed by atoms with van der Waals surface area (Å²) in [7, 11) is 0. The van der Waals surface area contributed by atoms with E-state index < -0.39 is 0 Å². The van der Waals surface area contributed by atoms with Gasteiger partial charge >= 0.3 is 0 Å². The van der Waals surface area contributed by atoms with Gasteiger partial charge in [-0.1, -0.05) is 68.2 Å². The van der Waals surface area contributed by atoms with Gasteiger partial charge in [0.2, 0.25) is 0 Å². The first kappa shape index (κ1) is 17.8. The number of rotatable bonds is 2. The van der Waals surface area contributed by atoms with Gasteiger partial charge in [0.25, 0.3) is 0 Å². The summed E-state index contributed by atoms with van der Waals surface area (Å²) in [5.41, 5.74) is -0.345. The van der Waals surface area contributed by atoms with Gasteiger partial charge in [0.15, 0.2) is 5.75 Å². The maximum atomic E-state index is 6.69. The van der Waals surface area contributed by atoms with Crippen molar-refractivity contribution < 1.29 is 4.74 Å². The number of fused-ring (bicyclic) bond motifs is 1. The smallest absolute Gasteiger partial charge is 0.154 e. The largest absolute Gasteiger partial charge is 0.485 e. The summed E-state index contributed by atoms with van der Waals surface area (Å²) in [4.78, 5) is 0.910. The SMILES string of the molecule is CC(C)(C)Oc1c(SC(C)(C)C)c(Cl)c2ccccc2c1Cl. The van der Waals surface area contributed by atoms with Crippen LogP contribution in [-0.2, 0) is 0 Å². The minimum atomic E-state index is -0.345. The van der Waals surface area contributed by atoms with Crippen molar-refractivity contribution in [2.75, 3.05) is 0 Å². The summed E-state index contributed by atoms with van der Waals surface area (Å²) in [5, 5.41) is 3.22. The third-order valence-electron chi connectivity index (χ3n) is 2.82. The molecule has 4 heteroatoms.